The Hall–Kier alpha value is -4.31. The maximum absolute atomic E-state index is 14.2. The lowest BCUT2D eigenvalue weighted by molar-refractivity contribution is 0.0569. The van der Waals surface area contributed by atoms with E-state index >= 15 is 0 Å². The number of aromatic nitrogens is 3. The molecule has 1 amide bonds. The van der Waals surface area contributed by atoms with Gasteiger partial charge < -0.3 is 33.7 Å². The number of nitrogens with one attached hydrogen (secondary N) is 1. The standard InChI is InChI=1S/C31H35N5O5/c1-18-17-41-13-12-35(18)29-22-16-36(30(37)19-14-24(38-4)26(40-6)25(15-19)39-5)31(2,3)27(22)33-28(34-29)21-8-7-9-23-20(21)10-11-32-23/h7-11,14-15,18,32H,12-13,16-17H2,1-6H3/t18-/m1/s1. The molecule has 0 unspecified atom stereocenters. The second kappa shape index (κ2) is 10.3. The lowest BCUT2D eigenvalue weighted by Gasteiger charge is -2.35. The number of amides is 1. The predicted octanol–water partition coefficient (Wildman–Crippen LogP) is 4.77. The Kier molecular flexibility index (Phi) is 6.73. The highest BCUT2D eigenvalue weighted by Crippen LogP contribution is 2.45. The van der Waals surface area contributed by atoms with Gasteiger partial charge in [0.1, 0.15) is 5.82 Å². The molecule has 2 aromatic carbocycles. The van der Waals surface area contributed by atoms with Crippen molar-refractivity contribution in [2.45, 2.75) is 38.9 Å². The van der Waals surface area contributed by atoms with Crippen LogP contribution in [0.5, 0.6) is 17.2 Å². The van der Waals surface area contributed by atoms with Gasteiger partial charge in [0.25, 0.3) is 5.91 Å². The van der Waals surface area contributed by atoms with E-state index < -0.39 is 5.54 Å². The molecule has 2 aliphatic heterocycles. The van der Waals surface area contributed by atoms with Crippen LogP contribution in [0.25, 0.3) is 22.3 Å². The maximum Gasteiger partial charge on any atom is 0.255 e. The molecule has 1 saturated heterocycles. The third kappa shape index (κ3) is 4.33. The number of methoxy groups -OCH3 is 3. The Balaban J connectivity index is 1.49. The lowest BCUT2D eigenvalue weighted by atomic mass is 9.98. The van der Waals surface area contributed by atoms with Crippen molar-refractivity contribution in [2.24, 2.45) is 0 Å². The van der Waals surface area contributed by atoms with Crippen LogP contribution in [0.15, 0.2) is 42.6 Å². The smallest absolute Gasteiger partial charge is 0.255 e. The van der Waals surface area contributed by atoms with Gasteiger partial charge in [-0.15, -0.1) is 0 Å². The third-order valence-electron chi connectivity index (χ3n) is 8.19. The van der Waals surface area contributed by atoms with Gasteiger partial charge in [0.05, 0.1) is 58.4 Å². The van der Waals surface area contributed by atoms with E-state index in [1.165, 1.54) is 0 Å². The van der Waals surface area contributed by atoms with Gasteiger partial charge in [0.15, 0.2) is 17.3 Å². The number of ether oxygens (including phenoxy) is 4. The fraction of sp³-hybridized carbons (Fsp3) is 0.387. The van der Waals surface area contributed by atoms with Gasteiger partial charge in [-0.05, 0) is 45.0 Å². The molecule has 2 aliphatic rings. The minimum Gasteiger partial charge on any atom is -0.493 e. The van der Waals surface area contributed by atoms with E-state index in [2.05, 4.69) is 16.8 Å². The number of rotatable bonds is 6. The summed E-state index contributed by atoms with van der Waals surface area (Å²) in [5.74, 6) is 2.61. The fourth-order valence-electron chi connectivity index (χ4n) is 5.97. The van der Waals surface area contributed by atoms with E-state index in [4.69, 9.17) is 28.9 Å². The SMILES string of the molecule is COc1cc(C(=O)N2Cc3c(N4CCOC[C@H]4C)nc(-c4cccc5[nH]ccc45)nc3C2(C)C)cc(OC)c1OC. The third-order valence-corrected chi connectivity index (χ3v) is 8.19. The Bertz CT molecular complexity index is 1610. The molecule has 2 aromatic heterocycles. The second-order valence-electron chi connectivity index (χ2n) is 10.9. The monoisotopic (exact) mass is 557 g/mol. The number of H-pyrrole nitrogens is 1. The van der Waals surface area contributed by atoms with Gasteiger partial charge in [-0.3, -0.25) is 4.79 Å². The molecular weight excluding hydrogens is 522 g/mol. The van der Waals surface area contributed by atoms with Crippen molar-refractivity contribution in [1.29, 1.82) is 0 Å². The summed E-state index contributed by atoms with van der Waals surface area (Å²) in [6.45, 7) is 8.51. The van der Waals surface area contributed by atoms with E-state index in [9.17, 15) is 4.79 Å². The van der Waals surface area contributed by atoms with Crippen LogP contribution in [-0.4, -0.2) is 72.9 Å². The number of aromatic amines is 1. The lowest BCUT2D eigenvalue weighted by Crippen LogP contribution is -2.44. The molecule has 4 aromatic rings. The number of morpholine rings is 1. The number of carbonyl (C=O) groups excluding carboxylic acids is 1. The molecule has 1 N–H and O–H groups in total. The van der Waals surface area contributed by atoms with E-state index in [0.29, 0.717) is 54.9 Å². The first-order valence-corrected chi connectivity index (χ1v) is 13.7. The average Bonchev–Trinajstić information content (AvgIpc) is 3.57. The average molecular weight is 558 g/mol. The number of nitrogens with zero attached hydrogens (tertiary/aromatic N) is 4. The summed E-state index contributed by atoms with van der Waals surface area (Å²) in [6, 6.07) is 11.7. The van der Waals surface area contributed by atoms with E-state index in [1.54, 1.807) is 33.5 Å². The highest BCUT2D eigenvalue weighted by Gasteiger charge is 2.45. The molecule has 0 bridgehead atoms. The van der Waals surface area contributed by atoms with E-state index in [0.717, 1.165) is 33.5 Å². The van der Waals surface area contributed by atoms with Crippen molar-refractivity contribution in [3.63, 3.8) is 0 Å². The first-order chi connectivity index (χ1) is 19.8. The number of benzene rings is 2. The van der Waals surface area contributed by atoms with Crippen molar-refractivity contribution in [1.82, 2.24) is 19.9 Å². The van der Waals surface area contributed by atoms with Crippen molar-refractivity contribution in [3.8, 4) is 28.6 Å². The molecule has 6 rings (SSSR count). The molecule has 10 nitrogen and oxygen atoms in total. The normalized spacial score (nSPS) is 18.0. The van der Waals surface area contributed by atoms with E-state index in [-0.39, 0.29) is 11.9 Å². The molecule has 0 radical (unpaired) electrons. The van der Waals surface area contributed by atoms with Crippen LogP contribution in [0.1, 0.15) is 42.4 Å². The molecule has 0 spiro atoms. The highest BCUT2D eigenvalue weighted by molar-refractivity contribution is 5.97. The summed E-state index contributed by atoms with van der Waals surface area (Å²) >= 11 is 0. The van der Waals surface area contributed by atoms with E-state index in [1.807, 2.05) is 49.2 Å². The summed E-state index contributed by atoms with van der Waals surface area (Å²) in [4.78, 5) is 32.0. The van der Waals surface area contributed by atoms with Crippen LogP contribution in [0, 0.1) is 0 Å². The molecular formula is C31H35N5O5. The number of fused-ring (bicyclic) bond motifs is 2. The number of hydrogen-bond acceptors (Lipinski definition) is 8. The van der Waals surface area contributed by atoms with Gasteiger partial charge in [0, 0.05) is 40.3 Å². The van der Waals surface area contributed by atoms with Gasteiger partial charge in [-0.2, -0.15) is 0 Å². The molecule has 1 atom stereocenters. The zero-order valence-corrected chi connectivity index (χ0v) is 24.3. The van der Waals surface area contributed by atoms with Crippen molar-refractivity contribution < 1.29 is 23.7 Å². The highest BCUT2D eigenvalue weighted by atomic mass is 16.5. The molecule has 41 heavy (non-hydrogen) atoms. The number of anilines is 1. The van der Waals surface area contributed by atoms with Crippen LogP contribution in [0.3, 0.4) is 0 Å². The maximum atomic E-state index is 14.2. The Morgan fingerprint density at radius 1 is 1.07 bits per heavy atom. The van der Waals surface area contributed by atoms with Crippen LogP contribution >= 0.6 is 0 Å². The Morgan fingerprint density at radius 2 is 1.83 bits per heavy atom. The molecule has 214 valence electrons. The van der Waals surface area contributed by atoms with Gasteiger partial charge >= 0.3 is 0 Å². The van der Waals surface area contributed by atoms with Crippen LogP contribution < -0.4 is 19.1 Å². The topological polar surface area (TPSA) is 102 Å². The zero-order chi connectivity index (χ0) is 28.9. The van der Waals surface area contributed by atoms with Crippen LogP contribution in [-0.2, 0) is 16.8 Å². The summed E-state index contributed by atoms with van der Waals surface area (Å²) < 4.78 is 22.3. The summed E-state index contributed by atoms with van der Waals surface area (Å²) in [7, 11) is 4.62. The van der Waals surface area contributed by atoms with Gasteiger partial charge in [0.2, 0.25) is 5.75 Å². The fourth-order valence-corrected chi connectivity index (χ4v) is 5.97. The zero-order valence-electron chi connectivity index (χ0n) is 24.3. The van der Waals surface area contributed by atoms with Crippen molar-refractivity contribution in [3.05, 3.63) is 59.4 Å². The molecule has 4 heterocycles. The molecule has 0 aliphatic carbocycles. The molecule has 0 saturated carbocycles. The largest absolute Gasteiger partial charge is 0.493 e. The first kappa shape index (κ1) is 26.9. The summed E-state index contributed by atoms with van der Waals surface area (Å²) in [5.41, 5.74) is 3.47. The Labute approximate surface area is 239 Å². The molecule has 10 heteroatoms. The molecule has 1 fully saturated rings. The minimum atomic E-state index is -0.721. The van der Waals surface area contributed by atoms with Crippen LogP contribution in [0.2, 0.25) is 0 Å². The minimum absolute atomic E-state index is 0.127. The van der Waals surface area contributed by atoms with Gasteiger partial charge in [-0.1, -0.05) is 12.1 Å². The predicted molar refractivity (Wildman–Crippen MR) is 156 cm³/mol. The van der Waals surface area contributed by atoms with Crippen molar-refractivity contribution in [2.75, 3.05) is 46.0 Å². The summed E-state index contributed by atoms with van der Waals surface area (Å²) in [6.07, 6.45) is 1.92. The quantitative estimate of drug-likeness (QED) is 0.362. The number of carbonyl (C=O) groups is 1. The Morgan fingerprint density at radius 3 is 2.51 bits per heavy atom. The number of hydrogen-bond donors (Lipinski definition) is 1. The first-order valence-electron chi connectivity index (χ1n) is 13.7. The van der Waals surface area contributed by atoms with Crippen LogP contribution in [0.4, 0.5) is 5.82 Å². The summed E-state index contributed by atoms with van der Waals surface area (Å²) in [5, 5.41) is 1.05. The second-order valence-corrected chi connectivity index (χ2v) is 10.9. The van der Waals surface area contributed by atoms with Gasteiger partial charge in [-0.25, -0.2) is 9.97 Å². The van der Waals surface area contributed by atoms with Crippen molar-refractivity contribution >= 4 is 22.6 Å².